The maximum absolute atomic E-state index is 13.1. The molecule has 1 amide bonds. The fraction of sp³-hybridized carbons (Fsp3) is 0.160. The molecule has 2 aromatic carbocycles. The molecule has 1 aromatic heterocycles. The minimum Gasteiger partial charge on any atom is -0.507 e. The number of rotatable bonds is 6. The second-order valence-corrected chi connectivity index (χ2v) is 7.26. The number of amides is 1. The van der Waals surface area contributed by atoms with Gasteiger partial charge in [0.1, 0.15) is 17.3 Å². The van der Waals surface area contributed by atoms with Crippen molar-refractivity contribution in [3.63, 3.8) is 0 Å². The Morgan fingerprint density at radius 3 is 2.47 bits per heavy atom. The lowest BCUT2D eigenvalue weighted by molar-refractivity contribution is -0.140. The van der Waals surface area contributed by atoms with Crippen molar-refractivity contribution >= 4 is 17.4 Å². The van der Waals surface area contributed by atoms with Crippen LogP contribution in [0, 0.1) is 0 Å². The van der Waals surface area contributed by atoms with Crippen LogP contribution in [0.3, 0.4) is 0 Å². The number of carbonyl (C=O) groups is 2. The Hall–Kier alpha value is -4.13. The Morgan fingerprint density at radius 2 is 1.81 bits per heavy atom. The quantitative estimate of drug-likeness (QED) is 0.364. The number of benzene rings is 2. The van der Waals surface area contributed by atoms with Gasteiger partial charge >= 0.3 is 0 Å². The molecule has 32 heavy (non-hydrogen) atoms. The SMILES string of the molecule is COc1ccc(C2C(=C(O)c3ccccc3)C(=O)C(=O)N2Cc2cccnc2)c(OC)c1. The van der Waals surface area contributed by atoms with Gasteiger partial charge in [-0.15, -0.1) is 0 Å². The van der Waals surface area contributed by atoms with E-state index in [2.05, 4.69) is 4.98 Å². The van der Waals surface area contributed by atoms with Gasteiger partial charge in [-0.3, -0.25) is 14.6 Å². The van der Waals surface area contributed by atoms with Crippen molar-refractivity contribution in [3.05, 3.63) is 95.3 Å². The number of ether oxygens (including phenoxy) is 2. The Bertz CT molecular complexity index is 1180. The maximum atomic E-state index is 13.1. The molecule has 0 spiro atoms. The lowest BCUT2D eigenvalue weighted by atomic mass is 9.94. The van der Waals surface area contributed by atoms with E-state index in [0.717, 1.165) is 5.56 Å². The van der Waals surface area contributed by atoms with Crippen LogP contribution in [0.15, 0.2) is 78.6 Å². The van der Waals surface area contributed by atoms with Gasteiger partial charge < -0.3 is 19.5 Å². The summed E-state index contributed by atoms with van der Waals surface area (Å²) in [6.07, 6.45) is 3.27. The first-order valence-corrected chi connectivity index (χ1v) is 9.99. The fourth-order valence-electron chi connectivity index (χ4n) is 3.85. The molecule has 0 aliphatic carbocycles. The number of aliphatic hydroxyl groups excluding tert-OH is 1. The van der Waals surface area contributed by atoms with Crippen LogP contribution in [0.2, 0.25) is 0 Å². The smallest absolute Gasteiger partial charge is 0.295 e. The molecule has 3 aromatic rings. The van der Waals surface area contributed by atoms with E-state index in [9.17, 15) is 14.7 Å². The molecule has 1 N–H and O–H groups in total. The molecule has 7 heteroatoms. The highest BCUT2D eigenvalue weighted by molar-refractivity contribution is 6.46. The second-order valence-electron chi connectivity index (χ2n) is 7.26. The minimum atomic E-state index is -0.851. The van der Waals surface area contributed by atoms with Crippen LogP contribution in [0.1, 0.15) is 22.7 Å². The van der Waals surface area contributed by atoms with Crippen molar-refractivity contribution in [2.75, 3.05) is 14.2 Å². The van der Waals surface area contributed by atoms with Gasteiger partial charge in [0.25, 0.3) is 11.7 Å². The predicted octanol–water partition coefficient (Wildman–Crippen LogP) is 3.72. The molecule has 1 saturated heterocycles. The van der Waals surface area contributed by atoms with Crippen LogP contribution in [-0.2, 0) is 16.1 Å². The number of nitrogens with zero attached hydrogens (tertiary/aromatic N) is 2. The molecule has 7 nitrogen and oxygen atoms in total. The lowest BCUT2D eigenvalue weighted by Crippen LogP contribution is -2.29. The number of aliphatic hydroxyl groups is 1. The number of methoxy groups -OCH3 is 2. The van der Waals surface area contributed by atoms with Crippen LogP contribution in [0.4, 0.5) is 0 Å². The summed E-state index contributed by atoms with van der Waals surface area (Å²) < 4.78 is 10.8. The molecule has 0 saturated carbocycles. The van der Waals surface area contributed by atoms with Gasteiger partial charge in [-0.1, -0.05) is 36.4 Å². The predicted molar refractivity (Wildman–Crippen MR) is 118 cm³/mol. The number of Topliss-reactive ketones (excluding diaryl/α,β-unsaturated/α-hetero) is 1. The first kappa shape index (κ1) is 21.1. The number of ketones is 1. The molecular weight excluding hydrogens is 408 g/mol. The summed E-state index contributed by atoms with van der Waals surface area (Å²) in [5.74, 6) is -0.683. The third-order valence-corrected chi connectivity index (χ3v) is 5.40. The monoisotopic (exact) mass is 430 g/mol. The van der Waals surface area contributed by atoms with E-state index in [0.29, 0.717) is 22.6 Å². The summed E-state index contributed by atoms with van der Waals surface area (Å²) in [4.78, 5) is 31.8. The Balaban J connectivity index is 1.91. The van der Waals surface area contributed by atoms with Crippen LogP contribution in [0.5, 0.6) is 11.5 Å². The van der Waals surface area contributed by atoms with E-state index in [1.165, 1.54) is 12.0 Å². The molecule has 1 fully saturated rings. The lowest BCUT2D eigenvalue weighted by Gasteiger charge is -2.26. The van der Waals surface area contributed by atoms with E-state index >= 15 is 0 Å². The molecule has 4 rings (SSSR count). The summed E-state index contributed by atoms with van der Waals surface area (Å²) in [7, 11) is 3.04. The molecular formula is C25H22N2O5. The molecule has 0 radical (unpaired) electrons. The zero-order chi connectivity index (χ0) is 22.7. The van der Waals surface area contributed by atoms with Gasteiger partial charge in [0.2, 0.25) is 0 Å². The highest BCUT2D eigenvalue weighted by Crippen LogP contribution is 2.44. The maximum Gasteiger partial charge on any atom is 0.295 e. The Kier molecular flexibility index (Phi) is 5.89. The largest absolute Gasteiger partial charge is 0.507 e. The number of likely N-dealkylation sites (tertiary alicyclic amines) is 1. The van der Waals surface area contributed by atoms with Crippen molar-refractivity contribution in [1.82, 2.24) is 9.88 Å². The van der Waals surface area contributed by atoms with Gasteiger partial charge in [-0.2, -0.15) is 0 Å². The van der Waals surface area contributed by atoms with E-state index in [4.69, 9.17) is 9.47 Å². The van der Waals surface area contributed by atoms with Crippen molar-refractivity contribution < 1.29 is 24.2 Å². The number of carbonyl (C=O) groups excluding carboxylic acids is 2. The molecule has 2 heterocycles. The van der Waals surface area contributed by atoms with Crippen LogP contribution >= 0.6 is 0 Å². The van der Waals surface area contributed by atoms with Crippen molar-refractivity contribution in [3.8, 4) is 11.5 Å². The number of aromatic nitrogens is 1. The molecule has 1 aliphatic heterocycles. The third-order valence-electron chi connectivity index (χ3n) is 5.40. The highest BCUT2D eigenvalue weighted by atomic mass is 16.5. The fourth-order valence-corrected chi connectivity index (χ4v) is 3.85. The van der Waals surface area contributed by atoms with Crippen LogP contribution in [0.25, 0.3) is 5.76 Å². The van der Waals surface area contributed by atoms with Gasteiger partial charge in [-0.25, -0.2) is 0 Å². The van der Waals surface area contributed by atoms with E-state index < -0.39 is 17.7 Å². The van der Waals surface area contributed by atoms with Gasteiger partial charge in [0.15, 0.2) is 0 Å². The molecule has 1 unspecified atom stereocenters. The van der Waals surface area contributed by atoms with E-state index in [1.54, 1.807) is 68.0 Å². The number of pyridine rings is 1. The summed E-state index contributed by atoms with van der Waals surface area (Å²) in [5.41, 5.74) is 1.78. The minimum absolute atomic E-state index is 0.00792. The van der Waals surface area contributed by atoms with Crippen molar-refractivity contribution in [1.29, 1.82) is 0 Å². The van der Waals surface area contributed by atoms with E-state index in [1.807, 2.05) is 12.1 Å². The highest BCUT2D eigenvalue weighted by Gasteiger charge is 2.47. The molecule has 162 valence electrons. The first-order valence-electron chi connectivity index (χ1n) is 9.99. The average Bonchev–Trinajstić information content (AvgIpc) is 3.09. The second kappa shape index (κ2) is 8.93. The standard InChI is InChI=1S/C25H22N2O5/c1-31-18-10-11-19(20(13-18)32-2)22-21(23(28)17-8-4-3-5-9-17)24(29)25(30)27(22)15-16-7-6-12-26-14-16/h3-14,22,28H,15H2,1-2H3. The molecule has 1 atom stereocenters. The summed E-state index contributed by atoms with van der Waals surface area (Å²) in [6, 6.07) is 16.6. The Labute approximate surface area is 185 Å². The average molecular weight is 430 g/mol. The van der Waals surface area contributed by atoms with Gasteiger partial charge in [0, 0.05) is 36.1 Å². The normalized spacial score (nSPS) is 17.4. The zero-order valence-corrected chi connectivity index (χ0v) is 17.7. The zero-order valence-electron chi connectivity index (χ0n) is 17.7. The van der Waals surface area contributed by atoms with Crippen LogP contribution in [-0.4, -0.2) is 40.9 Å². The van der Waals surface area contributed by atoms with Crippen molar-refractivity contribution in [2.24, 2.45) is 0 Å². The number of hydrogen-bond acceptors (Lipinski definition) is 6. The number of hydrogen-bond donors (Lipinski definition) is 1. The first-order chi connectivity index (χ1) is 15.5. The summed E-state index contributed by atoms with van der Waals surface area (Å²) >= 11 is 0. The van der Waals surface area contributed by atoms with E-state index in [-0.39, 0.29) is 17.9 Å². The van der Waals surface area contributed by atoms with Gasteiger partial charge in [0.05, 0.1) is 25.8 Å². The molecule has 1 aliphatic rings. The van der Waals surface area contributed by atoms with Crippen molar-refractivity contribution in [2.45, 2.75) is 12.6 Å². The van der Waals surface area contributed by atoms with Gasteiger partial charge in [-0.05, 0) is 23.8 Å². The summed E-state index contributed by atoms with van der Waals surface area (Å²) in [5, 5.41) is 11.1. The summed E-state index contributed by atoms with van der Waals surface area (Å²) in [6.45, 7) is 0.143. The van der Waals surface area contributed by atoms with Crippen LogP contribution < -0.4 is 9.47 Å². The molecule has 0 bridgehead atoms. The Morgan fingerprint density at radius 1 is 1.03 bits per heavy atom. The third kappa shape index (κ3) is 3.80. The topological polar surface area (TPSA) is 89.0 Å².